The minimum atomic E-state index is -1.02. The fraction of sp³-hybridized carbons (Fsp3) is 0.900. The number of rotatable bonds is 3. The summed E-state index contributed by atoms with van der Waals surface area (Å²) in [7, 11) is -3.05. The maximum Gasteiger partial charge on any atom is 1.00 e. The summed E-state index contributed by atoms with van der Waals surface area (Å²) in [6, 6.07) is 0. The molecule has 0 unspecified atom stereocenters. The third-order valence-corrected chi connectivity index (χ3v) is 20.2. The molecule has 0 aromatic carbocycles. The van der Waals surface area contributed by atoms with E-state index in [9.17, 15) is 0 Å². The predicted molar refractivity (Wildman–Crippen MR) is 73.3 cm³/mol. The van der Waals surface area contributed by atoms with Crippen LogP contribution in [0.3, 0.4) is 0 Å². The summed E-state index contributed by atoms with van der Waals surface area (Å²) in [5.74, 6) is 0. The average molecular weight is 271 g/mol. The molecule has 0 N–H and O–H groups in total. The molecule has 0 aromatic heterocycles. The molecule has 0 saturated heterocycles. The summed E-state index contributed by atoms with van der Waals surface area (Å²) in [6.07, 6.45) is 0. The van der Waals surface area contributed by atoms with Crippen molar-refractivity contribution in [2.75, 3.05) is 0 Å². The van der Waals surface area contributed by atoms with Crippen molar-refractivity contribution in [2.24, 2.45) is 0 Å². The van der Waals surface area contributed by atoms with E-state index in [2.05, 4.69) is 63.7 Å². The molecule has 14 heavy (non-hydrogen) atoms. The van der Waals surface area contributed by atoms with Crippen LogP contribution in [0.4, 0.5) is 0 Å². The van der Waals surface area contributed by atoms with Crippen molar-refractivity contribution >= 4 is 24.2 Å². The van der Waals surface area contributed by atoms with Crippen LogP contribution in [0.1, 0.15) is 0 Å². The van der Waals surface area contributed by atoms with Gasteiger partial charge in [-0.25, -0.2) is 0 Å². The number of hydrogen-bond donors (Lipinski definition) is 0. The first-order chi connectivity index (χ1) is 5.37. The van der Waals surface area contributed by atoms with E-state index < -0.39 is 24.2 Å². The van der Waals surface area contributed by atoms with E-state index in [1.165, 1.54) is 0 Å². The molecule has 0 atom stereocenters. The van der Waals surface area contributed by atoms with E-state index in [1.807, 2.05) is 0 Å². The molecule has 0 amide bonds. The van der Waals surface area contributed by atoms with Crippen molar-refractivity contribution < 1.29 is 51.4 Å². The molecular weight excluding hydrogens is 243 g/mol. The Balaban J connectivity index is 0. The van der Waals surface area contributed by atoms with E-state index in [1.54, 1.807) is 0 Å². The minimum Gasteiger partial charge on any atom is -0.311 e. The van der Waals surface area contributed by atoms with Crippen molar-refractivity contribution in [1.82, 2.24) is 0 Å². The Bertz CT molecular complexity index is 138. The Morgan fingerprint density at radius 1 is 0.500 bits per heavy atom. The fourth-order valence-corrected chi connectivity index (χ4v) is 30.4. The largest absolute Gasteiger partial charge is 1.00 e. The molecular formula is C10H27KSi3. The minimum absolute atomic E-state index is 0. The third-order valence-electron chi connectivity index (χ3n) is 2.25. The maximum atomic E-state index is 2.53. The Labute approximate surface area is 137 Å². The van der Waals surface area contributed by atoms with E-state index in [4.69, 9.17) is 0 Å². The SMILES string of the molecule is C[Si](C)(C)[C-]([Si](C)(C)C)[Si](C)(C)C.[K+]. The van der Waals surface area contributed by atoms with Gasteiger partial charge in [-0.05, 0) is 0 Å². The van der Waals surface area contributed by atoms with Crippen molar-refractivity contribution in [3.63, 3.8) is 0 Å². The fourth-order valence-electron chi connectivity index (χ4n) is 3.38. The van der Waals surface area contributed by atoms with Gasteiger partial charge in [0.05, 0.1) is 0 Å². The van der Waals surface area contributed by atoms with Gasteiger partial charge in [0.2, 0.25) is 0 Å². The molecule has 0 fully saturated rings. The van der Waals surface area contributed by atoms with Crippen LogP contribution in [0.2, 0.25) is 58.9 Å². The van der Waals surface area contributed by atoms with Gasteiger partial charge in [0.15, 0.2) is 0 Å². The van der Waals surface area contributed by atoms with E-state index in [0.717, 1.165) is 0 Å². The monoisotopic (exact) mass is 270 g/mol. The molecule has 0 spiro atoms. The smallest absolute Gasteiger partial charge is 0.311 e. The summed E-state index contributed by atoms with van der Waals surface area (Å²) in [5, 5.41) is 0. The van der Waals surface area contributed by atoms with Gasteiger partial charge in [0.25, 0.3) is 0 Å². The standard InChI is InChI=1S/C10H27Si3.K/c1-11(2,3)10(12(4,5)6)13(7,8)9;/h1-9H3;/q-1;+1. The second-order valence-corrected chi connectivity index (χ2v) is 23.6. The van der Waals surface area contributed by atoms with Crippen LogP contribution in [-0.4, -0.2) is 24.2 Å². The normalized spacial score (nSPS) is 14.1. The molecule has 0 nitrogen and oxygen atoms in total. The first kappa shape index (κ1) is 18.6. The van der Waals surface area contributed by atoms with E-state index >= 15 is 0 Å². The Hall–Kier alpha value is 2.29. The van der Waals surface area contributed by atoms with Crippen molar-refractivity contribution in [3.05, 3.63) is 4.79 Å². The number of hydrogen-bond acceptors (Lipinski definition) is 0. The molecule has 0 aliphatic rings. The molecule has 0 aromatic rings. The zero-order valence-corrected chi connectivity index (χ0v) is 18.1. The second kappa shape index (κ2) is 5.75. The summed E-state index contributed by atoms with van der Waals surface area (Å²) in [4.78, 5) is 2.06. The second-order valence-electron chi connectivity index (χ2n) is 7.12. The van der Waals surface area contributed by atoms with Crippen LogP contribution < -0.4 is 51.4 Å². The van der Waals surface area contributed by atoms with Gasteiger partial charge in [0.1, 0.15) is 0 Å². The molecule has 0 aliphatic heterocycles. The van der Waals surface area contributed by atoms with Gasteiger partial charge in [-0.15, -0.1) is 24.2 Å². The Kier molecular flexibility index (Phi) is 7.66. The van der Waals surface area contributed by atoms with Crippen LogP contribution in [-0.2, 0) is 0 Å². The van der Waals surface area contributed by atoms with Gasteiger partial charge >= 0.3 is 51.4 Å². The topological polar surface area (TPSA) is 0 Å². The van der Waals surface area contributed by atoms with Crippen molar-refractivity contribution in [1.29, 1.82) is 0 Å². The molecule has 0 aliphatic carbocycles. The quantitative estimate of drug-likeness (QED) is 0.534. The average Bonchev–Trinajstić information content (AvgIpc) is 1.44. The summed E-state index contributed by atoms with van der Waals surface area (Å²) < 4.78 is 0. The summed E-state index contributed by atoms with van der Waals surface area (Å²) in [6.45, 7) is 22.7. The van der Waals surface area contributed by atoms with Gasteiger partial charge in [0, 0.05) is 0 Å². The zero-order valence-electron chi connectivity index (χ0n) is 12.0. The molecule has 0 saturated carbocycles. The molecule has 0 rings (SSSR count). The van der Waals surface area contributed by atoms with Crippen LogP contribution in [0.5, 0.6) is 0 Å². The van der Waals surface area contributed by atoms with E-state index in [-0.39, 0.29) is 51.4 Å². The molecule has 80 valence electrons. The van der Waals surface area contributed by atoms with Crippen LogP contribution in [0.15, 0.2) is 0 Å². The van der Waals surface area contributed by atoms with Crippen molar-refractivity contribution in [3.8, 4) is 0 Å². The molecule has 0 bridgehead atoms. The van der Waals surface area contributed by atoms with Crippen LogP contribution >= 0.6 is 0 Å². The van der Waals surface area contributed by atoms with Crippen LogP contribution in [0, 0.1) is 4.79 Å². The molecule has 0 heterocycles. The van der Waals surface area contributed by atoms with Crippen molar-refractivity contribution in [2.45, 2.75) is 58.9 Å². The first-order valence-corrected chi connectivity index (χ1v) is 15.8. The van der Waals surface area contributed by atoms with Crippen LogP contribution in [0.25, 0.3) is 0 Å². The van der Waals surface area contributed by atoms with Gasteiger partial charge in [-0.3, -0.25) is 0 Å². The maximum absolute atomic E-state index is 2.53. The van der Waals surface area contributed by atoms with Gasteiger partial charge in [-0.1, -0.05) is 58.9 Å². The van der Waals surface area contributed by atoms with Gasteiger partial charge < -0.3 is 4.79 Å². The predicted octanol–water partition coefficient (Wildman–Crippen LogP) is 1.20. The molecule has 4 heteroatoms. The molecule has 0 radical (unpaired) electrons. The zero-order chi connectivity index (χ0) is 11.1. The third kappa shape index (κ3) is 6.13. The Morgan fingerprint density at radius 3 is 0.643 bits per heavy atom. The van der Waals surface area contributed by atoms with E-state index in [0.29, 0.717) is 0 Å². The summed E-state index contributed by atoms with van der Waals surface area (Å²) >= 11 is 0. The summed E-state index contributed by atoms with van der Waals surface area (Å²) in [5.41, 5.74) is 0. The van der Waals surface area contributed by atoms with Gasteiger partial charge in [-0.2, -0.15) is 0 Å². The Morgan fingerprint density at radius 2 is 0.643 bits per heavy atom. The first-order valence-electron chi connectivity index (χ1n) is 5.25.